The summed E-state index contributed by atoms with van der Waals surface area (Å²) in [6.07, 6.45) is 3.93. The number of aromatic nitrogens is 1. The number of rotatable bonds is 3. The second-order valence-electron chi connectivity index (χ2n) is 7.90. The van der Waals surface area contributed by atoms with Crippen molar-refractivity contribution in [1.29, 1.82) is 0 Å². The van der Waals surface area contributed by atoms with Crippen molar-refractivity contribution in [2.45, 2.75) is 12.8 Å². The number of hydrogen-bond acceptors (Lipinski definition) is 4. The molecule has 0 spiro atoms. The van der Waals surface area contributed by atoms with Gasteiger partial charge >= 0.3 is 0 Å². The largest absolute Gasteiger partial charge is 0.383 e. The number of hydrogen-bond donors (Lipinski definition) is 3. The lowest BCUT2D eigenvalue weighted by atomic mass is 9.93. The summed E-state index contributed by atoms with van der Waals surface area (Å²) in [5, 5.41) is 6.15. The third-order valence-corrected chi connectivity index (χ3v) is 5.98. The van der Waals surface area contributed by atoms with E-state index in [1.54, 1.807) is 12.1 Å². The molecule has 0 unspecified atom stereocenters. The van der Waals surface area contributed by atoms with E-state index in [0.29, 0.717) is 23.2 Å². The molecular weight excluding hydrogens is 391 g/mol. The third-order valence-electron chi connectivity index (χ3n) is 5.98. The van der Waals surface area contributed by atoms with Gasteiger partial charge in [0.1, 0.15) is 5.82 Å². The molecule has 0 saturated carbocycles. The molecule has 0 radical (unpaired) electrons. The van der Waals surface area contributed by atoms with E-state index in [4.69, 9.17) is 5.73 Å². The molecular formula is C25H23FN4O. The number of anilines is 1. The van der Waals surface area contributed by atoms with Crippen molar-refractivity contribution in [3.05, 3.63) is 77.2 Å². The van der Waals surface area contributed by atoms with E-state index in [0.717, 1.165) is 48.2 Å². The van der Waals surface area contributed by atoms with Crippen LogP contribution < -0.4 is 16.4 Å². The Morgan fingerprint density at radius 3 is 2.42 bits per heavy atom. The molecule has 0 atom stereocenters. The van der Waals surface area contributed by atoms with Crippen LogP contribution in [-0.4, -0.2) is 30.5 Å². The average molecular weight is 414 g/mol. The molecule has 6 heteroatoms. The highest BCUT2D eigenvalue weighted by Gasteiger charge is 2.19. The maximum atomic E-state index is 14.7. The summed E-state index contributed by atoms with van der Waals surface area (Å²) in [5.41, 5.74) is 12.8. The Kier molecular flexibility index (Phi) is 5.00. The van der Waals surface area contributed by atoms with Crippen LogP contribution in [0.3, 0.4) is 0 Å². The number of nitrogens with two attached hydrogens (primary N) is 1. The molecule has 2 aliphatic heterocycles. The van der Waals surface area contributed by atoms with Gasteiger partial charge in [-0.05, 0) is 59.3 Å². The molecule has 0 fully saturated rings. The monoisotopic (exact) mass is 414 g/mol. The third kappa shape index (κ3) is 3.70. The number of benzene rings is 2. The number of amides is 1. The fourth-order valence-electron chi connectivity index (χ4n) is 4.28. The number of pyridine rings is 1. The second kappa shape index (κ2) is 7.96. The summed E-state index contributed by atoms with van der Waals surface area (Å²) in [5.74, 6) is -0.520. The van der Waals surface area contributed by atoms with E-state index in [2.05, 4.69) is 21.7 Å². The highest BCUT2D eigenvalue weighted by molar-refractivity contribution is 5.97. The van der Waals surface area contributed by atoms with Gasteiger partial charge in [-0.3, -0.25) is 4.79 Å². The predicted octanol–water partition coefficient (Wildman–Crippen LogP) is 3.80. The van der Waals surface area contributed by atoms with Crippen LogP contribution in [0.25, 0.3) is 27.8 Å². The SMILES string of the molecule is Nc1nc(F)c(-c2ccc(C3=CCNCC3)cc2)cc1-c1ccc2c(c1)CCNC2=O. The Labute approximate surface area is 180 Å². The molecule has 1 amide bonds. The Morgan fingerprint density at radius 1 is 0.871 bits per heavy atom. The van der Waals surface area contributed by atoms with Gasteiger partial charge in [-0.15, -0.1) is 0 Å². The Balaban J connectivity index is 1.52. The lowest BCUT2D eigenvalue weighted by Crippen LogP contribution is -2.31. The number of fused-ring (bicyclic) bond motifs is 1. The van der Waals surface area contributed by atoms with Crippen molar-refractivity contribution in [2.24, 2.45) is 0 Å². The van der Waals surface area contributed by atoms with Gasteiger partial charge in [-0.2, -0.15) is 4.39 Å². The van der Waals surface area contributed by atoms with Crippen LogP contribution in [0.4, 0.5) is 10.2 Å². The maximum Gasteiger partial charge on any atom is 0.251 e. The van der Waals surface area contributed by atoms with Gasteiger partial charge in [-0.1, -0.05) is 42.5 Å². The minimum atomic E-state index is -0.590. The highest BCUT2D eigenvalue weighted by atomic mass is 19.1. The second-order valence-corrected chi connectivity index (χ2v) is 7.90. The number of carbonyl (C=O) groups excluding carboxylic acids is 1. The number of nitrogens with one attached hydrogen (secondary N) is 2. The number of nitrogen functional groups attached to an aromatic ring is 1. The molecule has 5 nitrogen and oxygen atoms in total. The molecule has 0 aliphatic carbocycles. The van der Waals surface area contributed by atoms with Crippen LogP contribution in [0.1, 0.15) is 27.9 Å². The topological polar surface area (TPSA) is 80.0 Å². The minimum absolute atomic E-state index is 0.0670. The van der Waals surface area contributed by atoms with Crippen LogP contribution in [0.5, 0.6) is 0 Å². The van der Waals surface area contributed by atoms with Crippen LogP contribution in [0.2, 0.25) is 0 Å². The number of halogens is 1. The summed E-state index contributed by atoms with van der Waals surface area (Å²) >= 11 is 0. The van der Waals surface area contributed by atoms with Gasteiger partial charge in [0.25, 0.3) is 5.91 Å². The summed E-state index contributed by atoms with van der Waals surface area (Å²) in [6, 6.07) is 15.2. The first-order valence-corrected chi connectivity index (χ1v) is 10.5. The van der Waals surface area contributed by atoms with E-state index in [1.165, 1.54) is 5.57 Å². The van der Waals surface area contributed by atoms with E-state index in [1.807, 2.05) is 36.4 Å². The van der Waals surface area contributed by atoms with Crippen LogP contribution >= 0.6 is 0 Å². The zero-order valence-electron chi connectivity index (χ0n) is 17.0. The van der Waals surface area contributed by atoms with E-state index in [-0.39, 0.29) is 11.7 Å². The summed E-state index contributed by atoms with van der Waals surface area (Å²) in [7, 11) is 0. The van der Waals surface area contributed by atoms with Gasteiger partial charge in [0.15, 0.2) is 0 Å². The van der Waals surface area contributed by atoms with Crippen LogP contribution in [-0.2, 0) is 6.42 Å². The molecule has 2 aromatic carbocycles. The van der Waals surface area contributed by atoms with Crippen LogP contribution in [0, 0.1) is 5.95 Å². The minimum Gasteiger partial charge on any atom is -0.383 e. The van der Waals surface area contributed by atoms with E-state index in [9.17, 15) is 9.18 Å². The van der Waals surface area contributed by atoms with Gasteiger partial charge in [0, 0.05) is 29.8 Å². The van der Waals surface area contributed by atoms with Gasteiger partial charge in [0.05, 0.1) is 0 Å². The molecule has 0 bridgehead atoms. The Bertz CT molecular complexity index is 1200. The molecule has 156 valence electrons. The summed E-state index contributed by atoms with van der Waals surface area (Å²) in [4.78, 5) is 16.0. The van der Waals surface area contributed by atoms with Crippen molar-refractivity contribution in [3.8, 4) is 22.3 Å². The fourth-order valence-corrected chi connectivity index (χ4v) is 4.28. The van der Waals surface area contributed by atoms with Crippen molar-refractivity contribution in [3.63, 3.8) is 0 Å². The van der Waals surface area contributed by atoms with Crippen LogP contribution in [0.15, 0.2) is 54.6 Å². The smallest absolute Gasteiger partial charge is 0.251 e. The zero-order valence-corrected chi connectivity index (χ0v) is 17.0. The molecule has 5 rings (SSSR count). The quantitative estimate of drug-likeness (QED) is 0.570. The lowest BCUT2D eigenvalue weighted by Gasteiger charge is -2.18. The van der Waals surface area contributed by atoms with Crippen molar-refractivity contribution >= 4 is 17.3 Å². The molecule has 4 N–H and O–H groups in total. The zero-order chi connectivity index (χ0) is 21.4. The van der Waals surface area contributed by atoms with Gasteiger partial charge in [0.2, 0.25) is 5.95 Å². The van der Waals surface area contributed by atoms with Crippen molar-refractivity contribution in [1.82, 2.24) is 15.6 Å². The Hall–Kier alpha value is -3.51. The number of nitrogens with zero attached hydrogens (tertiary/aromatic N) is 1. The molecule has 2 aliphatic rings. The number of carbonyl (C=O) groups is 1. The molecule has 1 aromatic heterocycles. The van der Waals surface area contributed by atoms with Gasteiger partial charge in [-0.25, -0.2) is 4.98 Å². The summed E-state index contributed by atoms with van der Waals surface area (Å²) < 4.78 is 14.7. The first kappa shape index (κ1) is 19.5. The normalized spacial score (nSPS) is 15.8. The average Bonchev–Trinajstić information content (AvgIpc) is 2.80. The van der Waals surface area contributed by atoms with Crippen molar-refractivity contribution in [2.75, 3.05) is 25.4 Å². The molecule has 3 aromatic rings. The fraction of sp³-hybridized carbons (Fsp3) is 0.200. The van der Waals surface area contributed by atoms with Crippen molar-refractivity contribution < 1.29 is 9.18 Å². The Morgan fingerprint density at radius 2 is 1.65 bits per heavy atom. The predicted molar refractivity (Wildman–Crippen MR) is 121 cm³/mol. The van der Waals surface area contributed by atoms with Gasteiger partial charge < -0.3 is 16.4 Å². The molecule has 3 heterocycles. The van der Waals surface area contributed by atoms with E-state index < -0.39 is 5.95 Å². The summed E-state index contributed by atoms with van der Waals surface area (Å²) in [6.45, 7) is 2.45. The maximum absolute atomic E-state index is 14.7. The molecule has 31 heavy (non-hydrogen) atoms. The van der Waals surface area contributed by atoms with E-state index >= 15 is 0 Å². The first-order valence-electron chi connectivity index (χ1n) is 10.5. The lowest BCUT2D eigenvalue weighted by molar-refractivity contribution is 0.0946. The highest BCUT2D eigenvalue weighted by Crippen LogP contribution is 2.34. The first-order chi connectivity index (χ1) is 15.1. The standard InChI is InChI=1S/C25H23FN4O/c26-23-21(17-3-1-15(2-4-17)16-7-10-28-11-8-16)14-22(24(27)30-23)18-5-6-20-19(13-18)9-12-29-25(20)31/h1-7,13-14,28H,8-12H2,(H2,27,30)(H,29,31). The molecule has 0 saturated heterocycles.